The Kier molecular flexibility index (Phi) is 6.45. The second-order valence-corrected chi connectivity index (χ2v) is 8.91. The Labute approximate surface area is 186 Å². The van der Waals surface area contributed by atoms with Crippen LogP contribution in [0.4, 0.5) is 0 Å². The highest BCUT2D eigenvalue weighted by molar-refractivity contribution is 7.16. The summed E-state index contributed by atoms with van der Waals surface area (Å²) in [5.41, 5.74) is 5.29. The van der Waals surface area contributed by atoms with Gasteiger partial charge in [0.1, 0.15) is 23.1 Å². The molecule has 1 atom stereocenters. The quantitative estimate of drug-likeness (QED) is 0.620. The monoisotopic (exact) mass is 431 g/mol. The molecule has 0 radical (unpaired) electrons. The number of carbonyl (C=O) groups is 1. The summed E-state index contributed by atoms with van der Waals surface area (Å²) < 4.78 is 5.74. The third kappa shape index (κ3) is 4.53. The molecule has 1 fully saturated rings. The van der Waals surface area contributed by atoms with Crippen molar-refractivity contribution < 1.29 is 9.53 Å². The van der Waals surface area contributed by atoms with Crippen molar-refractivity contribution in [2.75, 3.05) is 6.54 Å². The molecular weight excluding hydrogens is 406 g/mol. The van der Waals surface area contributed by atoms with E-state index >= 15 is 0 Å². The minimum atomic E-state index is 0.0124. The highest BCUT2D eigenvalue weighted by Crippen LogP contribution is 2.41. The van der Waals surface area contributed by atoms with E-state index in [1.54, 1.807) is 11.3 Å². The lowest BCUT2D eigenvalue weighted by atomic mass is 10.0. The van der Waals surface area contributed by atoms with Crippen LogP contribution in [0.1, 0.15) is 43.6 Å². The number of nitriles is 1. The first kappa shape index (κ1) is 21.2. The number of ether oxygens (including phenoxy) is 1. The minimum absolute atomic E-state index is 0.0124. The molecule has 1 aromatic heterocycles. The number of benzene rings is 1. The first-order valence-electron chi connectivity index (χ1n) is 10.5. The van der Waals surface area contributed by atoms with E-state index in [2.05, 4.69) is 34.6 Å². The molecule has 0 aliphatic heterocycles. The fourth-order valence-corrected chi connectivity index (χ4v) is 5.07. The van der Waals surface area contributed by atoms with E-state index in [0.29, 0.717) is 17.9 Å². The fraction of sp³-hybridized carbons (Fsp3) is 0.320. The van der Waals surface area contributed by atoms with Crippen LogP contribution in [0.15, 0.2) is 53.8 Å². The van der Waals surface area contributed by atoms with Crippen molar-refractivity contribution in [3.05, 3.63) is 64.2 Å². The van der Waals surface area contributed by atoms with Crippen LogP contribution in [0.2, 0.25) is 0 Å². The molecule has 0 saturated heterocycles. The fourth-order valence-electron chi connectivity index (χ4n) is 4.11. The van der Waals surface area contributed by atoms with Crippen LogP contribution in [0.3, 0.4) is 0 Å². The highest BCUT2D eigenvalue weighted by atomic mass is 32.1. The van der Waals surface area contributed by atoms with Crippen molar-refractivity contribution in [1.29, 1.82) is 5.26 Å². The van der Waals surface area contributed by atoms with Gasteiger partial charge < -0.3 is 14.8 Å². The van der Waals surface area contributed by atoms with E-state index in [1.165, 1.54) is 16.7 Å². The number of hydrogen-bond acceptors (Lipinski definition) is 6. The molecule has 1 aromatic carbocycles. The van der Waals surface area contributed by atoms with E-state index in [4.69, 9.17) is 4.74 Å². The van der Waals surface area contributed by atoms with Gasteiger partial charge in [-0.3, -0.25) is 0 Å². The molecule has 6 heteroatoms. The maximum atomic E-state index is 10.8. The molecule has 31 heavy (non-hydrogen) atoms. The van der Waals surface area contributed by atoms with Crippen LogP contribution in [-0.4, -0.2) is 30.0 Å². The highest BCUT2D eigenvalue weighted by Gasteiger charge is 2.28. The van der Waals surface area contributed by atoms with Crippen molar-refractivity contribution in [3.8, 4) is 22.4 Å². The molecule has 1 heterocycles. The topological polar surface area (TPSA) is 75.0 Å². The van der Waals surface area contributed by atoms with Gasteiger partial charge in [0, 0.05) is 17.8 Å². The molecule has 158 valence electrons. The summed E-state index contributed by atoms with van der Waals surface area (Å²) >= 11 is 1.63. The van der Waals surface area contributed by atoms with Crippen LogP contribution in [-0.2, 0) is 4.79 Å². The smallest absolute Gasteiger partial charge is 0.137 e. The molecule has 1 saturated carbocycles. The van der Waals surface area contributed by atoms with E-state index in [1.807, 2.05) is 38.2 Å². The predicted octanol–water partition coefficient (Wildman–Crippen LogP) is 5.06. The van der Waals surface area contributed by atoms with Crippen LogP contribution < -0.4 is 10.1 Å². The summed E-state index contributed by atoms with van der Waals surface area (Å²) in [4.78, 5) is 16.6. The number of fused-ring (bicyclic) bond motifs is 1. The lowest BCUT2D eigenvalue weighted by Crippen LogP contribution is -2.29. The van der Waals surface area contributed by atoms with Crippen LogP contribution in [0, 0.1) is 11.3 Å². The Balaban J connectivity index is 1.65. The van der Waals surface area contributed by atoms with Gasteiger partial charge in [0.05, 0.1) is 23.1 Å². The normalized spacial score (nSPS) is 17.9. The van der Waals surface area contributed by atoms with Crippen LogP contribution in [0.25, 0.3) is 16.1 Å². The summed E-state index contributed by atoms with van der Waals surface area (Å²) in [6.07, 6.45) is 12.4. The Bertz CT molecular complexity index is 1120. The third-order valence-corrected chi connectivity index (χ3v) is 6.50. The zero-order valence-electron chi connectivity index (χ0n) is 17.7. The third-order valence-electron chi connectivity index (χ3n) is 5.42. The molecule has 2 aliphatic carbocycles. The van der Waals surface area contributed by atoms with Gasteiger partial charge in [-0.1, -0.05) is 18.2 Å². The Hall–Kier alpha value is -3.01. The number of thiazole rings is 1. The second-order valence-electron chi connectivity index (χ2n) is 7.87. The molecule has 2 aromatic rings. The predicted molar refractivity (Wildman–Crippen MR) is 124 cm³/mol. The lowest BCUT2D eigenvalue weighted by molar-refractivity contribution is -0.107. The number of aldehydes is 1. The molecule has 4 rings (SSSR count). The molecule has 2 aliphatic rings. The Morgan fingerprint density at radius 2 is 2.29 bits per heavy atom. The van der Waals surface area contributed by atoms with Crippen molar-refractivity contribution >= 4 is 23.2 Å². The van der Waals surface area contributed by atoms with E-state index < -0.39 is 0 Å². The van der Waals surface area contributed by atoms with Gasteiger partial charge in [0.15, 0.2) is 0 Å². The number of nitrogens with one attached hydrogen (secondary N) is 1. The van der Waals surface area contributed by atoms with Crippen molar-refractivity contribution in [2.24, 2.45) is 0 Å². The average molecular weight is 432 g/mol. The van der Waals surface area contributed by atoms with Crippen molar-refractivity contribution in [3.63, 3.8) is 0 Å². The summed E-state index contributed by atoms with van der Waals surface area (Å²) in [5, 5.41) is 13.8. The summed E-state index contributed by atoms with van der Waals surface area (Å²) in [5.74, 6) is 0.601. The van der Waals surface area contributed by atoms with Crippen LogP contribution in [0.5, 0.6) is 5.75 Å². The first-order chi connectivity index (χ1) is 15.1. The first-order valence-corrected chi connectivity index (χ1v) is 11.4. The standard InChI is InChI=1S/C25H25N3O2S/c1-16(2)30-23-10-7-17(13-18(23)14-26)25-28-15-24(31-25)21-6-4-3-5-20-19(21)8-9-22(20)27-11-12-29/h4-7,10,12-13,15-16,22,27H,3,8-9,11H2,1-2H3. The molecule has 1 unspecified atom stereocenters. The number of nitrogens with zero attached hydrogens (tertiary/aromatic N) is 2. The summed E-state index contributed by atoms with van der Waals surface area (Å²) in [6, 6.07) is 8.12. The number of allylic oxidation sites excluding steroid dienone is 4. The summed E-state index contributed by atoms with van der Waals surface area (Å²) in [7, 11) is 0. The summed E-state index contributed by atoms with van der Waals surface area (Å²) in [6.45, 7) is 4.27. The van der Waals surface area contributed by atoms with Gasteiger partial charge in [-0.05, 0) is 68.0 Å². The van der Waals surface area contributed by atoms with Gasteiger partial charge >= 0.3 is 0 Å². The number of aromatic nitrogens is 1. The van der Waals surface area contributed by atoms with Gasteiger partial charge in [-0.2, -0.15) is 5.26 Å². The maximum Gasteiger partial charge on any atom is 0.137 e. The Morgan fingerprint density at radius 3 is 3.06 bits per heavy atom. The minimum Gasteiger partial charge on any atom is -0.490 e. The second kappa shape index (κ2) is 9.42. The molecular formula is C25H25N3O2S. The molecule has 1 N–H and O–H groups in total. The SMILES string of the molecule is CC(C)Oc1ccc(-c2ncc(C3=C4CCC(NCC=O)C4=CCC=C3)s2)cc1C#N. The zero-order chi connectivity index (χ0) is 21.8. The zero-order valence-corrected chi connectivity index (χ0v) is 18.5. The maximum absolute atomic E-state index is 10.8. The molecule has 5 nitrogen and oxygen atoms in total. The van der Waals surface area contributed by atoms with E-state index in [-0.39, 0.29) is 12.1 Å². The van der Waals surface area contributed by atoms with Gasteiger partial charge in [-0.25, -0.2) is 4.98 Å². The van der Waals surface area contributed by atoms with Crippen molar-refractivity contribution in [2.45, 2.75) is 45.3 Å². The van der Waals surface area contributed by atoms with Crippen molar-refractivity contribution in [1.82, 2.24) is 10.3 Å². The lowest BCUT2D eigenvalue weighted by Gasteiger charge is -2.13. The molecule has 0 amide bonds. The van der Waals surface area contributed by atoms with E-state index in [0.717, 1.165) is 41.0 Å². The van der Waals surface area contributed by atoms with Gasteiger partial charge in [0.25, 0.3) is 0 Å². The number of rotatable bonds is 7. The van der Waals surface area contributed by atoms with Gasteiger partial charge in [-0.15, -0.1) is 11.3 Å². The number of carbonyl (C=O) groups excluding carboxylic acids is 1. The Morgan fingerprint density at radius 1 is 1.42 bits per heavy atom. The molecule has 0 bridgehead atoms. The van der Waals surface area contributed by atoms with Gasteiger partial charge in [0.2, 0.25) is 0 Å². The van der Waals surface area contributed by atoms with E-state index in [9.17, 15) is 10.1 Å². The largest absolute Gasteiger partial charge is 0.490 e. The molecule has 0 spiro atoms. The number of hydrogen-bond donors (Lipinski definition) is 1. The average Bonchev–Trinajstić information content (AvgIpc) is 3.35. The van der Waals surface area contributed by atoms with Crippen LogP contribution >= 0.6 is 11.3 Å².